The Balaban J connectivity index is 2.87. The largest absolute Gasteiger partial charge is 0.292 e. The third kappa shape index (κ3) is 3.67. The molecule has 1 aromatic heterocycles. The molecular weight excluding hydrogens is 292 g/mol. The average molecular weight is 315 g/mol. The van der Waals surface area contributed by atoms with Crippen molar-refractivity contribution < 1.29 is 4.79 Å². The zero-order valence-corrected chi connectivity index (χ0v) is 13.5. The minimum absolute atomic E-state index is 0.151. The molecule has 18 heavy (non-hydrogen) atoms. The third-order valence-electron chi connectivity index (χ3n) is 3.46. The van der Waals surface area contributed by atoms with Gasteiger partial charge in [-0.1, -0.05) is 34.6 Å². The van der Waals surface area contributed by atoms with Gasteiger partial charge in [0.2, 0.25) is 0 Å². The lowest BCUT2D eigenvalue weighted by Crippen LogP contribution is -2.22. The standard InChI is InChI=1S/C14H23BrN2O/c1-6-7-17-13(11(15)9-16-17)12(18)8-10(2)14(3,4)5/h9-10H,6-8H2,1-5H3. The summed E-state index contributed by atoms with van der Waals surface area (Å²) < 4.78 is 2.61. The van der Waals surface area contributed by atoms with Crippen LogP contribution in [0, 0.1) is 11.3 Å². The number of hydrogen-bond acceptors (Lipinski definition) is 2. The number of ketones is 1. The fraction of sp³-hybridized carbons (Fsp3) is 0.714. The molecule has 0 bridgehead atoms. The Hall–Kier alpha value is -0.640. The fourth-order valence-electron chi connectivity index (χ4n) is 1.70. The van der Waals surface area contributed by atoms with Gasteiger partial charge in [0.25, 0.3) is 0 Å². The summed E-state index contributed by atoms with van der Waals surface area (Å²) in [5, 5.41) is 4.24. The molecule has 1 aromatic rings. The smallest absolute Gasteiger partial charge is 0.182 e. The quantitative estimate of drug-likeness (QED) is 0.759. The van der Waals surface area contributed by atoms with Gasteiger partial charge in [0, 0.05) is 13.0 Å². The van der Waals surface area contributed by atoms with Crippen molar-refractivity contribution >= 4 is 21.7 Å². The van der Waals surface area contributed by atoms with Crippen LogP contribution in [0.4, 0.5) is 0 Å². The second-order valence-electron chi connectivity index (χ2n) is 5.96. The van der Waals surface area contributed by atoms with E-state index < -0.39 is 0 Å². The van der Waals surface area contributed by atoms with Crippen molar-refractivity contribution in [1.82, 2.24) is 9.78 Å². The van der Waals surface area contributed by atoms with E-state index in [1.165, 1.54) is 0 Å². The van der Waals surface area contributed by atoms with Crippen LogP contribution in [-0.4, -0.2) is 15.6 Å². The van der Waals surface area contributed by atoms with Gasteiger partial charge in [-0.3, -0.25) is 9.48 Å². The molecule has 0 aliphatic heterocycles. The SMILES string of the molecule is CCCn1ncc(Br)c1C(=O)CC(C)C(C)(C)C. The fourth-order valence-corrected chi connectivity index (χ4v) is 2.22. The molecule has 1 unspecified atom stereocenters. The van der Waals surface area contributed by atoms with Crippen molar-refractivity contribution in [3.05, 3.63) is 16.4 Å². The molecule has 0 aliphatic rings. The van der Waals surface area contributed by atoms with Crippen LogP contribution in [0.2, 0.25) is 0 Å². The highest BCUT2D eigenvalue weighted by atomic mass is 79.9. The number of aromatic nitrogens is 2. The number of rotatable bonds is 5. The second-order valence-corrected chi connectivity index (χ2v) is 6.81. The Morgan fingerprint density at radius 1 is 1.50 bits per heavy atom. The van der Waals surface area contributed by atoms with Crippen molar-refractivity contribution in [2.75, 3.05) is 0 Å². The molecule has 3 nitrogen and oxygen atoms in total. The highest BCUT2D eigenvalue weighted by Crippen LogP contribution is 2.30. The van der Waals surface area contributed by atoms with Crippen LogP contribution in [0.25, 0.3) is 0 Å². The molecular formula is C14H23BrN2O. The molecule has 0 amide bonds. The van der Waals surface area contributed by atoms with Crippen molar-refractivity contribution in [3.8, 4) is 0 Å². The van der Waals surface area contributed by atoms with Crippen LogP contribution in [0.5, 0.6) is 0 Å². The molecule has 0 aromatic carbocycles. The van der Waals surface area contributed by atoms with E-state index in [9.17, 15) is 4.79 Å². The van der Waals surface area contributed by atoms with Crippen LogP contribution in [0.15, 0.2) is 10.7 Å². The predicted molar refractivity (Wildman–Crippen MR) is 77.8 cm³/mol. The van der Waals surface area contributed by atoms with E-state index in [2.05, 4.69) is 55.6 Å². The van der Waals surface area contributed by atoms with Crippen molar-refractivity contribution in [3.63, 3.8) is 0 Å². The number of carbonyl (C=O) groups is 1. The maximum absolute atomic E-state index is 12.4. The molecule has 0 radical (unpaired) electrons. The van der Waals surface area contributed by atoms with Crippen molar-refractivity contribution in [1.29, 1.82) is 0 Å². The van der Waals surface area contributed by atoms with E-state index in [0.717, 1.165) is 17.4 Å². The summed E-state index contributed by atoms with van der Waals surface area (Å²) in [7, 11) is 0. The van der Waals surface area contributed by atoms with Crippen LogP contribution in [0.3, 0.4) is 0 Å². The van der Waals surface area contributed by atoms with Gasteiger partial charge in [0.15, 0.2) is 5.78 Å². The zero-order valence-electron chi connectivity index (χ0n) is 12.0. The summed E-state index contributed by atoms with van der Waals surface area (Å²) >= 11 is 3.42. The van der Waals surface area contributed by atoms with Crippen molar-refractivity contribution in [2.45, 2.75) is 54.0 Å². The molecule has 0 saturated carbocycles. The van der Waals surface area contributed by atoms with E-state index in [4.69, 9.17) is 0 Å². The van der Waals surface area contributed by atoms with Gasteiger partial charge in [0.05, 0.1) is 10.7 Å². The molecule has 1 atom stereocenters. The summed E-state index contributed by atoms with van der Waals surface area (Å²) in [6, 6.07) is 0. The summed E-state index contributed by atoms with van der Waals surface area (Å²) in [6.45, 7) is 11.5. The minimum Gasteiger partial charge on any atom is -0.292 e. The molecule has 0 spiro atoms. The third-order valence-corrected chi connectivity index (χ3v) is 4.04. The van der Waals surface area contributed by atoms with E-state index in [1.54, 1.807) is 6.20 Å². The van der Waals surface area contributed by atoms with E-state index >= 15 is 0 Å². The average Bonchev–Trinajstić information content (AvgIpc) is 2.59. The summed E-state index contributed by atoms with van der Waals surface area (Å²) in [4.78, 5) is 12.4. The Labute approximate surface area is 118 Å². The van der Waals surface area contributed by atoms with Crippen LogP contribution in [0.1, 0.15) is 57.9 Å². The van der Waals surface area contributed by atoms with Gasteiger partial charge in [0.1, 0.15) is 5.69 Å². The first-order valence-corrected chi connectivity index (χ1v) is 7.31. The lowest BCUT2D eigenvalue weighted by Gasteiger charge is -2.26. The first kappa shape index (κ1) is 15.4. The molecule has 1 heterocycles. The van der Waals surface area contributed by atoms with Gasteiger partial charge in [-0.25, -0.2) is 0 Å². The highest BCUT2D eigenvalue weighted by molar-refractivity contribution is 9.10. The van der Waals surface area contributed by atoms with Crippen molar-refractivity contribution in [2.24, 2.45) is 11.3 Å². The lowest BCUT2D eigenvalue weighted by molar-refractivity contribution is 0.0915. The van der Waals surface area contributed by atoms with E-state index in [1.807, 2.05) is 4.68 Å². The molecule has 1 rings (SSSR count). The van der Waals surface area contributed by atoms with Crippen LogP contribution < -0.4 is 0 Å². The Bertz CT molecular complexity index is 418. The summed E-state index contributed by atoms with van der Waals surface area (Å²) in [5.74, 6) is 0.525. The first-order chi connectivity index (χ1) is 8.27. The number of aryl methyl sites for hydroxylation is 1. The van der Waals surface area contributed by atoms with Gasteiger partial charge in [-0.05, 0) is 33.7 Å². The Morgan fingerprint density at radius 2 is 2.11 bits per heavy atom. The summed E-state index contributed by atoms with van der Waals surface area (Å²) in [6.07, 6.45) is 3.26. The molecule has 0 fully saturated rings. The summed E-state index contributed by atoms with van der Waals surface area (Å²) in [5.41, 5.74) is 0.866. The highest BCUT2D eigenvalue weighted by Gasteiger charge is 2.25. The zero-order chi connectivity index (χ0) is 13.9. The number of carbonyl (C=O) groups excluding carboxylic acids is 1. The first-order valence-electron chi connectivity index (χ1n) is 6.51. The maximum atomic E-state index is 12.4. The number of halogens is 1. The molecule has 4 heteroatoms. The monoisotopic (exact) mass is 314 g/mol. The van der Waals surface area contributed by atoms with Crippen LogP contribution in [-0.2, 0) is 6.54 Å². The Kier molecular flexibility index (Phi) is 5.14. The van der Waals surface area contributed by atoms with Gasteiger partial charge in [-0.15, -0.1) is 0 Å². The minimum atomic E-state index is 0.151. The van der Waals surface area contributed by atoms with Gasteiger partial charge < -0.3 is 0 Å². The lowest BCUT2D eigenvalue weighted by atomic mass is 9.79. The number of hydrogen-bond donors (Lipinski definition) is 0. The predicted octanol–water partition coefficient (Wildman–Crippen LogP) is 4.31. The maximum Gasteiger partial charge on any atom is 0.182 e. The van der Waals surface area contributed by atoms with Gasteiger partial charge in [-0.2, -0.15) is 5.10 Å². The van der Waals surface area contributed by atoms with E-state index in [-0.39, 0.29) is 11.2 Å². The molecule has 0 aliphatic carbocycles. The Morgan fingerprint density at radius 3 is 2.61 bits per heavy atom. The number of Topliss-reactive ketones (excluding diaryl/α,β-unsaturated/α-hetero) is 1. The molecule has 102 valence electrons. The van der Waals surface area contributed by atoms with Gasteiger partial charge >= 0.3 is 0 Å². The number of nitrogens with zero attached hydrogens (tertiary/aromatic N) is 2. The molecule has 0 saturated heterocycles. The second kappa shape index (κ2) is 6.00. The topological polar surface area (TPSA) is 34.9 Å². The van der Waals surface area contributed by atoms with E-state index in [0.29, 0.717) is 18.0 Å². The normalized spacial score (nSPS) is 13.7. The molecule has 0 N–H and O–H groups in total. The van der Waals surface area contributed by atoms with Crippen LogP contribution >= 0.6 is 15.9 Å².